The molecule has 4 nitrogen and oxygen atoms in total. The predicted molar refractivity (Wildman–Crippen MR) is 90.2 cm³/mol. The third-order valence-electron chi connectivity index (χ3n) is 4.35. The van der Waals surface area contributed by atoms with E-state index >= 15 is 0 Å². The number of halogens is 1. The monoisotopic (exact) mass is 333 g/mol. The van der Waals surface area contributed by atoms with Crippen molar-refractivity contribution in [1.82, 2.24) is 4.90 Å². The quantitative estimate of drug-likeness (QED) is 0.782. The molecule has 1 saturated heterocycles. The van der Waals surface area contributed by atoms with Crippen LogP contribution in [0.4, 0.5) is 9.18 Å². The van der Waals surface area contributed by atoms with Gasteiger partial charge in [0.05, 0.1) is 25.3 Å². The lowest BCUT2D eigenvalue weighted by Crippen LogP contribution is -2.57. The summed E-state index contributed by atoms with van der Waals surface area (Å²) in [4.78, 5) is 14.3. The fourth-order valence-corrected chi connectivity index (χ4v) is 3.34. The van der Waals surface area contributed by atoms with E-state index in [1.54, 1.807) is 17.0 Å². The summed E-state index contributed by atoms with van der Waals surface area (Å²) < 4.78 is 24.8. The molecule has 2 heterocycles. The maximum Gasteiger partial charge on any atom is 0.411 e. The third-order valence-corrected chi connectivity index (χ3v) is 4.35. The molecule has 0 aliphatic carbocycles. The van der Waals surface area contributed by atoms with Crippen LogP contribution in [0.5, 0.6) is 0 Å². The van der Waals surface area contributed by atoms with Gasteiger partial charge in [-0.2, -0.15) is 0 Å². The van der Waals surface area contributed by atoms with Crippen molar-refractivity contribution in [3.05, 3.63) is 41.2 Å². The number of aryl methyl sites for hydroxylation is 1. The van der Waals surface area contributed by atoms with Gasteiger partial charge in [-0.1, -0.05) is 12.1 Å². The molecule has 0 spiro atoms. The molecular weight excluding hydrogens is 309 g/mol. The summed E-state index contributed by atoms with van der Waals surface area (Å²) >= 11 is 0. The molecule has 0 saturated carbocycles. The van der Waals surface area contributed by atoms with Gasteiger partial charge in [-0.15, -0.1) is 0 Å². The number of hydrogen-bond donors (Lipinski definition) is 0. The standard InChI is InChI=1S/C19H24FNO3/c1-12-5-6-14(20)9-17(12)13-7-15-10-23-11-16(8-13)21(15)18(22)24-19(2,3)4/h5-7,9,15-16H,8,10-11H2,1-4H3. The van der Waals surface area contributed by atoms with E-state index in [4.69, 9.17) is 9.47 Å². The van der Waals surface area contributed by atoms with Crippen LogP contribution in [0.1, 0.15) is 38.3 Å². The first kappa shape index (κ1) is 17.0. The zero-order chi connectivity index (χ0) is 17.5. The minimum Gasteiger partial charge on any atom is -0.444 e. The van der Waals surface area contributed by atoms with E-state index in [1.807, 2.05) is 33.8 Å². The number of carbonyl (C=O) groups is 1. The number of morpholine rings is 1. The molecule has 2 atom stereocenters. The molecule has 3 rings (SSSR count). The van der Waals surface area contributed by atoms with Gasteiger partial charge in [0.2, 0.25) is 0 Å². The predicted octanol–water partition coefficient (Wildman–Crippen LogP) is 3.93. The van der Waals surface area contributed by atoms with Crippen LogP contribution in [0.2, 0.25) is 0 Å². The molecule has 0 N–H and O–H groups in total. The molecule has 1 aromatic carbocycles. The number of benzene rings is 1. The van der Waals surface area contributed by atoms with E-state index < -0.39 is 5.60 Å². The molecule has 24 heavy (non-hydrogen) atoms. The molecule has 2 aliphatic heterocycles. The number of nitrogens with zero attached hydrogens (tertiary/aromatic N) is 1. The van der Waals surface area contributed by atoms with Crippen LogP contribution in [0.3, 0.4) is 0 Å². The highest BCUT2D eigenvalue weighted by atomic mass is 19.1. The average molecular weight is 333 g/mol. The van der Waals surface area contributed by atoms with Crippen LogP contribution in [-0.4, -0.2) is 41.9 Å². The lowest BCUT2D eigenvalue weighted by molar-refractivity contribution is -0.0510. The van der Waals surface area contributed by atoms with Gasteiger partial charge in [0.15, 0.2) is 0 Å². The second-order valence-electron chi connectivity index (χ2n) is 7.50. The Labute approximate surface area is 142 Å². The topological polar surface area (TPSA) is 38.8 Å². The van der Waals surface area contributed by atoms with Crippen molar-refractivity contribution in [2.45, 2.75) is 51.8 Å². The van der Waals surface area contributed by atoms with Crippen molar-refractivity contribution in [2.75, 3.05) is 13.2 Å². The molecule has 2 unspecified atom stereocenters. The fourth-order valence-electron chi connectivity index (χ4n) is 3.34. The first-order chi connectivity index (χ1) is 11.2. The van der Waals surface area contributed by atoms with E-state index in [-0.39, 0.29) is 24.0 Å². The summed E-state index contributed by atoms with van der Waals surface area (Å²) in [7, 11) is 0. The molecule has 1 amide bonds. The molecule has 1 fully saturated rings. The van der Waals surface area contributed by atoms with Crippen molar-refractivity contribution in [1.29, 1.82) is 0 Å². The third kappa shape index (κ3) is 3.46. The number of carbonyl (C=O) groups excluding carboxylic acids is 1. The SMILES string of the molecule is Cc1ccc(F)cc1C1=CC2COCC(C1)N2C(=O)OC(C)(C)C. The van der Waals surface area contributed by atoms with E-state index in [1.165, 1.54) is 6.07 Å². The van der Waals surface area contributed by atoms with Crippen molar-refractivity contribution >= 4 is 11.7 Å². The van der Waals surface area contributed by atoms with Crippen LogP contribution in [0, 0.1) is 12.7 Å². The number of rotatable bonds is 1. The maximum atomic E-state index is 13.6. The average Bonchev–Trinajstić information content (AvgIpc) is 2.46. The van der Waals surface area contributed by atoms with Gasteiger partial charge in [-0.05, 0) is 62.9 Å². The lowest BCUT2D eigenvalue weighted by Gasteiger charge is -2.44. The van der Waals surface area contributed by atoms with Crippen molar-refractivity contribution in [3.63, 3.8) is 0 Å². The largest absolute Gasteiger partial charge is 0.444 e. The van der Waals surface area contributed by atoms with Crippen LogP contribution in [-0.2, 0) is 9.47 Å². The first-order valence-electron chi connectivity index (χ1n) is 8.31. The Morgan fingerprint density at radius 2 is 2.08 bits per heavy atom. The van der Waals surface area contributed by atoms with E-state index in [0.29, 0.717) is 19.6 Å². The Morgan fingerprint density at radius 3 is 2.75 bits per heavy atom. The van der Waals surface area contributed by atoms with Crippen LogP contribution in [0.25, 0.3) is 5.57 Å². The number of ether oxygens (including phenoxy) is 2. The van der Waals surface area contributed by atoms with Gasteiger partial charge in [-0.25, -0.2) is 9.18 Å². The second-order valence-corrected chi connectivity index (χ2v) is 7.50. The Kier molecular flexibility index (Phi) is 4.38. The maximum absolute atomic E-state index is 13.6. The van der Waals surface area contributed by atoms with Crippen molar-refractivity contribution in [3.8, 4) is 0 Å². The van der Waals surface area contributed by atoms with E-state index in [0.717, 1.165) is 16.7 Å². The molecule has 0 radical (unpaired) electrons. The number of fused-ring (bicyclic) bond motifs is 2. The van der Waals surface area contributed by atoms with Gasteiger partial charge in [0.25, 0.3) is 0 Å². The van der Waals surface area contributed by atoms with Crippen LogP contribution in [0.15, 0.2) is 24.3 Å². The summed E-state index contributed by atoms with van der Waals surface area (Å²) in [6, 6.07) is 4.57. The van der Waals surface area contributed by atoms with Crippen molar-refractivity contribution in [2.24, 2.45) is 0 Å². The number of amides is 1. The first-order valence-corrected chi connectivity index (χ1v) is 8.31. The summed E-state index contributed by atoms with van der Waals surface area (Å²) in [5, 5.41) is 0. The zero-order valence-electron chi connectivity index (χ0n) is 14.6. The summed E-state index contributed by atoms with van der Waals surface area (Å²) in [5.41, 5.74) is 2.49. The summed E-state index contributed by atoms with van der Waals surface area (Å²) in [5.74, 6) is -0.243. The summed E-state index contributed by atoms with van der Waals surface area (Å²) in [6.45, 7) is 8.46. The fraction of sp³-hybridized carbons (Fsp3) is 0.526. The lowest BCUT2D eigenvalue weighted by atomic mass is 9.88. The van der Waals surface area contributed by atoms with E-state index in [2.05, 4.69) is 0 Å². The Bertz CT molecular complexity index is 678. The molecule has 2 aliphatic rings. The molecule has 0 aromatic heterocycles. The molecule has 1 aromatic rings. The molecular formula is C19H24FNO3. The molecule has 5 heteroatoms. The van der Waals surface area contributed by atoms with Crippen LogP contribution >= 0.6 is 0 Å². The summed E-state index contributed by atoms with van der Waals surface area (Å²) in [6.07, 6.45) is 2.34. The molecule has 2 bridgehead atoms. The van der Waals surface area contributed by atoms with Crippen LogP contribution < -0.4 is 0 Å². The highest BCUT2D eigenvalue weighted by Gasteiger charge is 2.40. The van der Waals surface area contributed by atoms with Gasteiger partial charge in [-0.3, -0.25) is 4.90 Å². The van der Waals surface area contributed by atoms with Crippen molar-refractivity contribution < 1.29 is 18.7 Å². The second kappa shape index (κ2) is 6.20. The molecule has 130 valence electrons. The van der Waals surface area contributed by atoms with Gasteiger partial charge in [0, 0.05) is 0 Å². The normalized spacial score (nSPS) is 23.7. The minimum atomic E-state index is -0.532. The minimum absolute atomic E-state index is 0.0822. The van der Waals surface area contributed by atoms with Gasteiger partial charge < -0.3 is 9.47 Å². The highest BCUT2D eigenvalue weighted by Crippen LogP contribution is 2.34. The smallest absolute Gasteiger partial charge is 0.411 e. The van der Waals surface area contributed by atoms with E-state index in [9.17, 15) is 9.18 Å². The Balaban J connectivity index is 1.90. The van der Waals surface area contributed by atoms with Gasteiger partial charge in [0.1, 0.15) is 11.4 Å². The highest BCUT2D eigenvalue weighted by molar-refractivity contribution is 5.75. The Morgan fingerprint density at radius 1 is 1.33 bits per heavy atom. The Hall–Kier alpha value is -1.88. The van der Waals surface area contributed by atoms with Gasteiger partial charge >= 0.3 is 6.09 Å². The number of hydrogen-bond acceptors (Lipinski definition) is 3. The zero-order valence-corrected chi connectivity index (χ0v) is 14.6.